The molecule has 0 aliphatic heterocycles. The van der Waals surface area contributed by atoms with Gasteiger partial charge in [-0.2, -0.15) is 0 Å². The van der Waals surface area contributed by atoms with Gasteiger partial charge in [-0.05, 0) is 30.2 Å². The third-order valence-electron chi connectivity index (χ3n) is 2.36. The maximum atomic E-state index is 13.5. The molecule has 1 heterocycles. The molecule has 0 unspecified atom stereocenters. The SMILES string of the molecule is Fc1ccc(Br)cc1CCNc1ncncc1Cl. The van der Waals surface area contributed by atoms with Crippen molar-refractivity contribution in [3.63, 3.8) is 0 Å². The van der Waals surface area contributed by atoms with E-state index in [0.29, 0.717) is 29.4 Å². The molecule has 0 aliphatic carbocycles. The Kier molecular flexibility index (Phi) is 4.49. The van der Waals surface area contributed by atoms with E-state index in [4.69, 9.17) is 11.6 Å². The summed E-state index contributed by atoms with van der Waals surface area (Å²) in [6.07, 6.45) is 3.47. The topological polar surface area (TPSA) is 37.8 Å². The Bertz CT molecular complexity index is 551. The largest absolute Gasteiger partial charge is 0.368 e. The van der Waals surface area contributed by atoms with Crippen molar-refractivity contribution in [3.8, 4) is 0 Å². The van der Waals surface area contributed by atoms with Crippen molar-refractivity contribution in [3.05, 3.63) is 51.6 Å². The van der Waals surface area contributed by atoms with Crippen LogP contribution < -0.4 is 5.32 Å². The van der Waals surface area contributed by atoms with Gasteiger partial charge in [0, 0.05) is 11.0 Å². The van der Waals surface area contributed by atoms with Gasteiger partial charge in [0.25, 0.3) is 0 Å². The molecule has 0 amide bonds. The van der Waals surface area contributed by atoms with Crippen LogP contribution in [0.2, 0.25) is 5.02 Å². The molecule has 0 atom stereocenters. The molecule has 6 heteroatoms. The second-order valence-electron chi connectivity index (χ2n) is 3.63. The summed E-state index contributed by atoms with van der Waals surface area (Å²) in [6.45, 7) is 0.546. The fraction of sp³-hybridized carbons (Fsp3) is 0.167. The van der Waals surface area contributed by atoms with Crippen molar-refractivity contribution >= 4 is 33.3 Å². The number of hydrogen-bond donors (Lipinski definition) is 1. The molecule has 0 saturated carbocycles. The Hall–Kier alpha value is -1.20. The summed E-state index contributed by atoms with van der Waals surface area (Å²) < 4.78 is 14.3. The first-order valence-electron chi connectivity index (χ1n) is 5.30. The van der Waals surface area contributed by atoms with Gasteiger partial charge in [-0.25, -0.2) is 14.4 Å². The van der Waals surface area contributed by atoms with Crippen molar-refractivity contribution in [2.75, 3.05) is 11.9 Å². The van der Waals surface area contributed by atoms with Crippen LogP contribution in [0.4, 0.5) is 10.2 Å². The molecule has 0 fully saturated rings. The molecule has 3 nitrogen and oxygen atoms in total. The van der Waals surface area contributed by atoms with Crippen LogP contribution >= 0.6 is 27.5 Å². The van der Waals surface area contributed by atoms with Crippen LogP contribution in [0.15, 0.2) is 35.2 Å². The molecule has 94 valence electrons. The zero-order valence-corrected chi connectivity index (χ0v) is 11.7. The Labute approximate surface area is 118 Å². The number of halogens is 3. The molecule has 0 aliphatic rings. The fourth-order valence-corrected chi connectivity index (χ4v) is 2.07. The van der Waals surface area contributed by atoms with Crippen LogP contribution in [0.5, 0.6) is 0 Å². The lowest BCUT2D eigenvalue weighted by Crippen LogP contribution is -2.08. The van der Waals surface area contributed by atoms with Crippen LogP contribution in [0, 0.1) is 5.82 Å². The molecular formula is C12H10BrClFN3. The monoisotopic (exact) mass is 329 g/mol. The molecule has 2 rings (SSSR count). The summed E-state index contributed by atoms with van der Waals surface area (Å²) in [7, 11) is 0. The standard InChI is InChI=1S/C12H10BrClFN3/c13-9-1-2-11(15)8(5-9)3-4-17-12-10(14)6-16-7-18-12/h1-2,5-7H,3-4H2,(H,16,17,18). The van der Waals surface area contributed by atoms with E-state index in [1.807, 2.05) is 0 Å². The number of nitrogens with zero attached hydrogens (tertiary/aromatic N) is 2. The van der Waals surface area contributed by atoms with E-state index in [1.165, 1.54) is 18.6 Å². The predicted molar refractivity (Wildman–Crippen MR) is 73.3 cm³/mol. The molecule has 0 radical (unpaired) electrons. The van der Waals surface area contributed by atoms with Gasteiger partial charge in [0.1, 0.15) is 23.0 Å². The molecular weight excluding hydrogens is 321 g/mol. The van der Waals surface area contributed by atoms with Crippen LogP contribution in [0.1, 0.15) is 5.56 Å². The van der Waals surface area contributed by atoms with Crippen molar-refractivity contribution < 1.29 is 4.39 Å². The number of rotatable bonds is 4. The van der Waals surface area contributed by atoms with Gasteiger partial charge >= 0.3 is 0 Å². The van der Waals surface area contributed by atoms with Gasteiger partial charge < -0.3 is 5.32 Å². The number of benzene rings is 1. The minimum absolute atomic E-state index is 0.214. The highest BCUT2D eigenvalue weighted by atomic mass is 79.9. The normalized spacial score (nSPS) is 10.4. The molecule has 0 bridgehead atoms. The van der Waals surface area contributed by atoms with Crippen molar-refractivity contribution in [1.82, 2.24) is 9.97 Å². The smallest absolute Gasteiger partial charge is 0.148 e. The third-order valence-corrected chi connectivity index (χ3v) is 3.13. The summed E-state index contributed by atoms with van der Waals surface area (Å²) in [4.78, 5) is 7.78. The van der Waals surface area contributed by atoms with Gasteiger partial charge in [0.2, 0.25) is 0 Å². The van der Waals surface area contributed by atoms with E-state index in [9.17, 15) is 4.39 Å². The zero-order chi connectivity index (χ0) is 13.0. The average molecular weight is 331 g/mol. The van der Waals surface area contributed by atoms with Crippen molar-refractivity contribution in [2.24, 2.45) is 0 Å². The van der Waals surface area contributed by atoms with Crippen LogP contribution in [0.25, 0.3) is 0 Å². The van der Waals surface area contributed by atoms with E-state index < -0.39 is 0 Å². The Morgan fingerprint density at radius 2 is 2.22 bits per heavy atom. The van der Waals surface area contributed by atoms with Gasteiger partial charge in [-0.1, -0.05) is 27.5 Å². The van der Waals surface area contributed by atoms with E-state index in [1.54, 1.807) is 12.1 Å². The molecule has 18 heavy (non-hydrogen) atoms. The highest BCUT2D eigenvalue weighted by molar-refractivity contribution is 9.10. The average Bonchev–Trinajstić information content (AvgIpc) is 2.36. The van der Waals surface area contributed by atoms with E-state index in [-0.39, 0.29) is 5.82 Å². The van der Waals surface area contributed by atoms with E-state index in [2.05, 4.69) is 31.2 Å². The minimum atomic E-state index is -0.214. The first-order valence-corrected chi connectivity index (χ1v) is 6.47. The van der Waals surface area contributed by atoms with Crippen LogP contribution in [-0.2, 0) is 6.42 Å². The number of aromatic nitrogens is 2. The number of hydrogen-bond acceptors (Lipinski definition) is 3. The van der Waals surface area contributed by atoms with Crippen molar-refractivity contribution in [2.45, 2.75) is 6.42 Å². The van der Waals surface area contributed by atoms with Gasteiger partial charge in [-0.3, -0.25) is 0 Å². The summed E-state index contributed by atoms with van der Waals surface area (Å²) in [5.41, 5.74) is 0.641. The lowest BCUT2D eigenvalue weighted by Gasteiger charge is -2.07. The summed E-state index contributed by atoms with van der Waals surface area (Å²) in [5, 5.41) is 3.49. The quantitative estimate of drug-likeness (QED) is 0.929. The Morgan fingerprint density at radius 1 is 1.39 bits per heavy atom. The van der Waals surface area contributed by atoms with Crippen LogP contribution in [-0.4, -0.2) is 16.5 Å². The first-order chi connectivity index (χ1) is 8.66. The van der Waals surface area contributed by atoms with Gasteiger partial charge in [0.05, 0.1) is 6.20 Å². The molecule has 1 N–H and O–H groups in total. The minimum Gasteiger partial charge on any atom is -0.368 e. The summed E-state index contributed by atoms with van der Waals surface area (Å²) in [6, 6.07) is 4.88. The lowest BCUT2D eigenvalue weighted by atomic mass is 10.1. The zero-order valence-electron chi connectivity index (χ0n) is 9.33. The summed E-state index contributed by atoms with van der Waals surface area (Å²) >= 11 is 9.21. The lowest BCUT2D eigenvalue weighted by molar-refractivity contribution is 0.610. The fourth-order valence-electron chi connectivity index (χ4n) is 1.49. The Balaban J connectivity index is 1.96. The maximum absolute atomic E-state index is 13.5. The molecule has 1 aromatic heterocycles. The second-order valence-corrected chi connectivity index (χ2v) is 4.95. The molecule has 0 spiro atoms. The maximum Gasteiger partial charge on any atom is 0.148 e. The highest BCUT2D eigenvalue weighted by Crippen LogP contribution is 2.18. The van der Waals surface area contributed by atoms with Crippen LogP contribution in [0.3, 0.4) is 0 Å². The summed E-state index contributed by atoms with van der Waals surface area (Å²) in [5.74, 6) is 0.343. The molecule has 2 aromatic rings. The van der Waals surface area contributed by atoms with E-state index in [0.717, 1.165) is 4.47 Å². The van der Waals surface area contributed by atoms with Crippen molar-refractivity contribution in [1.29, 1.82) is 0 Å². The van der Waals surface area contributed by atoms with E-state index >= 15 is 0 Å². The number of nitrogens with one attached hydrogen (secondary N) is 1. The van der Waals surface area contributed by atoms with Gasteiger partial charge in [-0.15, -0.1) is 0 Å². The molecule has 1 aromatic carbocycles. The predicted octanol–water partition coefficient (Wildman–Crippen LogP) is 3.69. The number of anilines is 1. The van der Waals surface area contributed by atoms with Gasteiger partial charge in [0.15, 0.2) is 0 Å². The molecule has 0 saturated heterocycles. The highest BCUT2D eigenvalue weighted by Gasteiger charge is 2.04. The second kappa shape index (κ2) is 6.11. The first kappa shape index (κ1) is 13.2. The third kappa shape index (κ3) is 3.40. The Morgan fingerprint density at radius 3 is 3.00 bits per heavy atom.